The van der Waals surface area contributed by atoms with E-state index in [1.807, 2.05) is 19.9 Å². The maximum Gasteiger partial charge on any atom is 0.408 e. The Morgan fingerprint density at radius 1 is 1.14 bits per heavy atom. The number of nitrogens with zero attached hydrogens (tertiary/aromatic N) is 2. The number of alkyl carbamates (subject to hydrolysis) is 1. The Bertz CT molecular complexity index is 2040. The Labute approximate surface area is 331 Å². The third-order valence-corrected chi connectivity index (χ3v) is 13.4. The van der Waals surface area contributed by atoms with Crippen molar-refractivity contribution >= 4 is 44.6 Å². The van der Waals surface area contributed by atoms with Crippen LogP contribution in [0.5, 0.6) is 11.6 Å². The molecule has 1 aromatic heterocycles. The number of fused-ring (bicyclic) bond motifs is 3. The van der Waals surface area contributed by atoms with Gasteiger partial charge in [0.15, 0.2) is 11.6 Å². The normalized spacial score (nSPS) is 28.9. The lowest BCUT2D eigenvalue weighted by Crippen LogP contribution is -2.59. The number of alkyl halides is 1. The Morgan fingerprint density at radius 3 is 2.54 bits per heavy atom. The molecule has 14 nitrogen and oxygen atoms in total. The zero-order chi connectivity index (χ0) is 41.5. The van der Waals surface area contributed by atoms with Crippen LogP contribution >= 0.6 is 0 Å². The van der Waals surface area contributed by atoms with E-state index < -0.39 is 92.2 Å². The minimum atomic E-state index is -4.41. The highest BCUT2D eigenvalue weighted by atomic mass is 32.2. The molecule has 3 N–H and O–H groups in total. The van der Waals surface area contributed by atoms with Crippen LogP contribution in [0.1, 0.15) is 86.5 Å². The number of halogens is 2. The Morgan fingerprint density at radius 2 is 1.88 bits per heavy atom. The molecule has 57 heavy (non-hydrogen) atoms. The number of nitrogens with one attached hydrogen (secondary N) is 3. The number of aromatic nitrogens is 1. The van der Waals surface area contributed by atoms with Crippen LogP contribution in [0.4, 0.5) is 13.6 Å². The summed E-state index contributed by atoms with van der Waals surface area (Å²) < 4.78 is 72.9. The third kappa shape index (κ3) is 8.97. The van der Waals surface area contributed by atoms with Gasteiger partial charge in [0, 0.05) is 23.9 Å². The van der Waals surface area contributed by atoms with Gasteiger partial charge >= 0.3 is 6.09 Å². The highest BCUT2D eigenvalue weighted by Gasteiger charge is 2.64. The smallest absolute Gasteiger partial charge is 0.408 e. The minimum Gasteiger partial charge on any atom is -0.491 e. The lowest BCUT2D eigenvalue weighted by Gasteiger charge is -2.33. The van der Waals surface area contributed by atoms with E-state index in [4.69, 9.17) is 14.2 Å². The molecule has 2 aromatic rings. The first-order chi connectivity index (χ1) is 26.8. The molecular weight excluding hydrogens is 765 g/mol. The van der Waals surface area contributed by atoms with Crippen molar-refractivity contribution in [1.29, 1.82) is 0 Å². The van der Waals surface area contributed by atoms with Crippen LogP contribution in [0.2, 0.25) is 0 Å². The number of hydrogen-bond acceptors (Lipinski definition) is 10. The number of allylic oxidation sites excluding steroid dienone is 1. The van der Waals surface area contributed by atoms with Gasteiger partial charge in [-0.3, -0.25) is 19.1 Å². The van der Waals surface area contributed by atoms with Crippen molar-refractivity contribution in [2.75, 3.05) is 19.8 Å². The fraction of sp³-hybridized carbons (Fsp3) is 0.625. The van der Waals surface area contributed by atoms with Crippen LogP contribution in [0.3, 0.4) is 0 Å². The van der Waals surface area contributed by atoms with E-state index in [9.17, 15) is 32.0 Å². The fourth-order valence-corrected chi connectivity index (χ4v) is 9.28. The summed E-state index contributed by atoms with van der Waals surface area (Å²) in [6.07, 6.45) is 5.40. The molecule has 7 unspecified atom stereocenters. The minimum absolute atomic E-state index is 0.0518. The molecule has 4 aliphatic rings. The van der Waals surface area contributed by atoms with E-state index in [-0.39, 0.29) is 56.4 Å². The molecule has 7 atom stereocenters. The number of ether oxygens (including phenoxy) is 3. The second-order valence-electron chi connectivity index (χ2n) is 17.0. The van der Waals surface area contributed by atoms with Gasteiger partial charge in [-0.2, -0.15) is 0 Å². The molecular formula is C40H53F2N5O9S. The highest BCUT2D eigenvalue weighted by Crippen LogP contribution is 2.48. The number of benzene rings is 1. The van der Waals surface area contributed by atoms with Crippen molar-refractivity contribution in [3.63, 3.8) is 0 Å². The SMILES string of the molecule is CCOc1cc2ccnc(OC3CC4C(=O)NC5(C(=O)NS(=O)(=O)C6(CF)CC6)CC5C=CCCC(C)CC(C)C(NC(=O)OC(C)(C)C)C(=O)N4C3)c2cc1F. The largest absolute Gasteiger partial charge is 0.491 e. The standard InChI is InChI=1S/C40H53F2N5O9S/c1-7-54-31-17-25-12-15-43-34(28(25)19-29(31)42)55-27-18-30-33(48)45-40(36(50)46-57(52,53)39(22-41)13-14-39)20-26(40)11-9-8-10-23(2)16-24(3)32(35(49)47(30)21-27)44-37(51)56-38(4,5)6/h9,11-12,15,17,19,23-24,26-27,30,32H,7-8,10,13-14,16,18,20-22H2,1-6H3,(H,44,51)(H,45,48)(H,46,50). The van der Waals surface area contributed by atoms with Gasteiger partial charge in [0.2, 0.25) is 27.7 Å². The van der Waals surface area contributed by atoms with Crippen molar-refractivity contribution in [2.45, 2.75) is 121 Å². The molecule has 0 spiro atoms. The monoisotopic (exact) mass is 817 g/mol. The van der Waals surface area contributed by atoms with E-state index in [0.717, 1.165) is 0 Å². The second kappa shape index (κ2) is 16.0. The van der Waals surface area contributed by atoms with Gasteiger partial charge in [0.25, 0.3) is 5.91 Å². The predicted octanol–water partition coefficient (Wildman–Crippen LogP) is 4.85. The Kier molecular flexibility index (Phi) is 11.8. The van der Waals surface area contributed by atoms with Gasteiger partial charge < -0.3 is 29.7 Å². The van der Waals surface area contributed by atoms with Gasteiger partial charge in [-0.25, -0.2) is 27.0 Å². The number of sulfonamides is 1. The number of amides is 4. The van der Waals surface area contributed by atoms with E-state index in [1.54, 1.807) is 39.8 Å². The number of hydrogen-bond donors (Lipinski definition) is 3. The van der Waals surface area contributed by atoms with E-state index in [2.05, 4.69) is 20.3 Å². The fourth-order valence-electron chi connectivity index (χ4n) is 7.85. The van der Waals surface area contributed by atoms with Gasteiger partial charge in [0.05, 0.1) is 13.2 Å². The first kappa shape index (κ1) is 42.1. The van der Waals surface area contributed by atoms with Gasteiger partial charge in [-0.05, 0) is 102 Å². The molecule has 0 radical (unpaired) electrons. The van der Waals surface area contributed by atoms with Crippen molar-refractivity contribution in [1.82, 2.24) is 25.2 Å². The van der Waals surface area contributed by atoms with E-state index >= 15 is 4.39 Å². The third-order valence-electron chi connectivity index (χ3n) is 11.3. The molecule has 4 amide bonds. The number of pyridine rings is 1. The summed E-state index contributed by atoms with van der Waals surface area (Å²) >= 11 is 0. The summed E-state index contributed by atoms with van der Waals surface area (Å²) in [4.78, 5) is 62.0. The van der Waals surface area contributed by atoms with Crippen LogP contribution in [0.25, 0.3) is 10.8 Å². The van der Waals surface area contributed by atoms with Gasteiger partial charge in [-0.1, -0.05) is 26.0 Å². The van der Waals surface area contributed by atoms with Crippen molar-refractivity contribution in [2.24, 2.45) is 17.8 Å². The summed E-state index contributed by atoms with van der Waals surface area (Å²) in [5, 5.41) is 6.45. The quantitative estimate of drug-likeness (QED) is 0.296. The number of rotatable bonds is 9. The molecule has 1 aromatic carbocycles. The molecule has 0 bridgehead atoms. The molecule has 3 fully saturated rings. The summed E-state index contributed by atoms with van der Waals surface area (Å²) in [6.45, 7) is 9.64. The summed E-state index contributed by atoms with van der Waals surface area (Å²) in [6, 6.07) is 2.04. The molecule has 2 aliphatic carbocycles. The first-order valence-corrected chi connectivity index (χ1v) is 21.1. The van der Waals surface area contributed by atoms with Crippen LogP contribution in [0.15, 0.2) is 36.5 Å². The maximum atomic E-state index is 15.1. The van der Waals surface area contributed by atoms with Crippen molar-refractivity contribution in [3.8, 4) is 11.6 Å². The van der Waals surface area contributed by atoms with E-state index in [0.29, 0.717) is 30.0 Å². The lowest BCUT2D eigenvalue weighted by atomic mass is 9.88. The van der Waals surface area contributed by atoms with Gasteiger partial charge in [0.1, 0.15) is 40.7 Å². The molecule has 2 aliphatic heterocycles. The average molecular weight is 818 g/mol. The Balaban J connectivity index is 1.35. The topological polar surface area (TPSA) is 182 Å². The Hall–Kier alpha value is -4.54. The lowest BCUT2D eigenvalue weighted by molar-refractivity contribution is -0.142. The maximum absolute atomic E-state index is 15.1. The van der Waals surface area contributed by atoms with E-state index in [1.165, 1.54) is 23.2 Å². The number of carbonyl (C=O) groups is 4. The molecule has 17 heteroatoms. The highest BCUT2D eigenvalue weighted by molar-refractivity contribution is 7.91. The van der Waals surface area contributed by atoms with Crippen LogP contribution in [-0.2, 0) is 29.1 Å². The zero-order valence-electron chi connectivity index (χ0n) is 33.2. The second-order valence-corrected chi connectivity index (χ2v) is 19.1. The van der Waals surface area contributed by atoms with Crippen molar-refractivity contribution in [3.05, 3.63) is 42.4 Å². The van der Waals surface area contributed by atoms with Crippen LogP contribution in [-0.4, -0.2) is 96.0 Å². The zero-order valence-corrected chi connectivity index (χ0v) is 34.0. The summed E-state index contributed by atoms with van der Waals surface area (Å²) in [5.41, 5.74) is -2.56. The average Bonchev–Trinajstić information content (AvgIpc) is 4.03. The predicted molar refractivity (Wildman–Crippen MR) is 206 cm³/mol. The molecule has 312 valence electrons. The van der Waals surface area contributed by atoms with Crippen LogP contribution < -0.4 is 24.8 Å². The van der Waals surface area contributed by atoms with Crippen molar-refractivity contribution < 1.29 is 50.6 Å². The summed E-state index contributed by atoms with van der Waals surface area (Å²) in [5.74, 6) is -3.77. The molecule has 2 saturated carbocycles. The first-order valence-electron chi connectivity index (χ1n) is 19.6. The molecule has 1 saturated heterocycles. The molecule has 3 heterocycles. The summed E-state index contributed by atoms with van der Waals surface area (Å²) in [7, 11) is -4.41. The van der Waals surface area contributed by atoms with Gasteiger partial charge in [-0.15, -0.1) is 0 Å². The number of carbonyl (C=O) groups excluding carboxylic acids is 4. The van der Waals surface area contributed by atoms with Crippen LogP contribution in [0, 0.1) is 23.6 Å². The molecule has 6 rings (SSSR count).